The summed E-state index contributed by atoms with van der Waals surface area (Å²) >= 11 is 1.59. The number of amides is 1. The zero-order valence-electron chi connectivity index (χ0n) is 16.6. The van der Waals surface area contributed by atoms with Gasteiger partial charge in [0.2, 0.25) is 5.91 Å². The number of halogens is 1. The Kier molecular flexibility index (Phi) is 6.43. The lowest BCUT2D eigenvalue weighted by Crippen LogP contribution is -2.59. The molecule has 0 spiro atoms. The van der Waals surface area contributed by atoms with Crippen LogP contribution in [-0.2, 0) is 4.79 Å². The minimum absolute atomic E-state index is 0.000852. The number of piperazine rings is 1. The first-order valence-electron chi connectivity index (χ1n) is 10.2. The number of hydrogen-bond donors (Lipinski definition) is 5. The predicted molar refractivity (Wildman–Crippen MR) is 108 cm³/mol. The Morgan fingerprint density at radius 2 is 2.07 bits per heavy atom. The smallest absolute Gasteiger partial charge is 0.230 e. The van der Waals surface area contributed by atoms with E-state index in [9.17, 15) is 9.18 Å². The Hall–Kier alpha value is -0.530. The molecule has 0 saturated carbocycles. The van der Waals surface area contributed by atoms with Gasteiger partial charge in [0.25, 0.3) is 0 Å². The van der Waals surface area contributed by atoms with Gasteiger partial charge in [0.1, 0.15) is 6.17 Å². The second-order valence-corrected chi connectivity index (χ2v) is 9.48. The van der Waals surface area contributed by atoms with Gasteiger partial charge in [0.05, 0.1) is 23.6 Å². The standard InChI is InChI=1S/C17H33FN8OS/c1-10-12(9-25-5-3-24(2)4-6-25)17(28-23-10)21-16(27)13-14(19)22-26-8-11(18)7-20-15(13)26/h10-15,17,20,22-23H,3-9,19H2,1-2H3,(H,21,27). The summed E-state index contributed by atoms with van der Waals surface area (Å²) < 4.78 is 17.1. The summed E-state index contributed by atoms with van der Waals surface area (Å²) in [7, 11) is 2.16. The normalized spacial score (nSPS) is 43.2. The van der Waals surface area contributed by atoms with E-state index in [1.807, 2.05) is 0 Å². The molecule has 0 aromatic heterocycles. The number of nitrogens with one attached hydrogen (secondary N) is 4. The topological polar surface area (TPSA) is 101 Å². The highest BCUT2D eigenvalue weighted by atomic mass is 32.2. The number of carbonyl (C=O) groups is 1. The third-order valence-corrected chi connectivity index (χ3v) is 7.61. The quantitative estimate of drug-likeness (QED) is 0.331. The average Bonchev–Trinajstić information content (AvgIpc) is 3.16. The molecule has 4 saturated heterocycles. The minimum atomic E-state index is -0.957. The lowest BCUT2D eigenvalue weighted by molar-refractivity contribution is -0.127. The molecule has 9 nitrogen and oxygen atoms in total. The molecule has 0 aliphatic carbocycles. The molecule has 0 aromatic rings. The van der Waals surface area contributed by atoms with E-state index in [4.69, 9.17) is 5.73 Å². The van der Waals surface area contributed by atoms with Crippen molar-refractivity contribution >= 4 is 17.9 Å². The third-order valence-electron chi connectivity index (χ3n) is 6.39. The van der Waals surface area contributed by atoms with Crippen molar-refractivity contribution in [2.75, 3.05) is 52.9 Å². The summed E-state index contributed by atoms with van der Waals surface area (Å²) in [6.07, 6.45) is -1.74. The van der Waals surface area contributed by atoms with Crippen molar-refractivity contribution in [1.82, 2.24) is 35.6 Å². The van der Waals surface area contributed by atoms with Crippen molar-refractivity contribution in [3.05, 3.63) is 0 Å². The van der Waals surface area contributed by atoms with Crippen LogP contribution in [0.1, 0.15) is 6.92 Å². The minimum Gasteiger partial charge on any atom is -0.342 e. The van der Waals surface area contributed by atoms with Crippen molar-refractivity contribution in [1.29, 1.82) is 0 Å². The molecule has 160 valence electrons. The number of likely N-dealkylation sites (N-methyl/N-ethyl adjacent to an activating group) is 1. The molecule has 7 atom stereocenters. The first kappa shape index (κ1) is 20.7. The Morgan fingerprint density at radius 3 is 2.82 bits per heavy atom. The number of alkyl halides is 1. The van der Waals surface area contributed by atoms with Crippen LogP contribution in [0.2, 0.25) is 0 Å². The summed E-state index contributed by atoms with van der Waals surface area (Å²) in [5.41, 5.74) is 9.22. The maximum Gasteiger partial charge on any atom is 0.230 e. The molecule has 7 unspecified atom stereocenters. The van der Waals surface area contributed by atoms with Crippen molar-refractivity contribution in [3.8, 4) is 0 Å². The van der Waals surface area contributed by atoms with Crippen molar-refractivity contribution in [2.24, 2.45) is 17.6 Å². The number of hydrazine groups is 1. The van der Waals surface area contributed by atoms with Crippen molar-refractivity contribution in [2.45, 2.75) is 36.8 Å². The van der Waals surface area contributed by atoms with Gasteiger partial charge in [-0.15, -0.1) is 0 Å². The molecule has 4 aliphatic heterocycles. The van der Waals surface area contributed by atoms with E-state index >= 15 is 0 Å². The molecule has 4 heterocycles. The highest BCUT2D eigenvalue weighted by Gasteiger charge is 2.48. The zero-order valence-corrected chi connectivity index (χ0v) is 17.4. The van der Waals surface area contributed by atoms with Gasteiger partial charge >= 0.3 is 0 Å². The first-order valence-corrected chi connectivity index (χ1v) is 11.1. The maximum absolute atomic E-state index is 13.6. The molecule has 4 aliphatic rings. The van der Waals surface area contributed by atoms with Crippen LogP contribution in [0.3, 0.4) is 0 Å². The van der Waals surface area contributed by atoms with Gasteiger partial charge in [-0.05, 0) is 14.0 Å². The molecule has 0 radical (unpaired) electrons. The van der Waals surface area contributed by atoms with E-state index in [-0.39, 0.29) is 30.5 Å². The predicted octanol–water partition coefficient (Wildman–Crippen LogP) is -2.08. The third kappa shape index (κ3) is 4.31. The molecular weight excluding hydrogens is 383 g/mol. The van der Waals surface area contributed by atoms with Gasteiger partial charge in [-0.2, -0.15) is 0 Å². The summed E-state index contributed by atoms with van der Waals surface area (Å²) in [6, 6.07) is 0.321. The molecule has 0 bridgehead atoms. The summed E-state index contributed by atoms with van der Waals surface area (Å²) in [5, 5.41) is 8.07. The first-order chi connectivity index (χ1) is 13.4. The van der Waals surface area contributed by atoms with Crippen LogP contribution >= 0.6 is 11.9 Å². The largest absolute Gasteiger partial charge is 0.342 e. The van der Waals surface area contributed by atoms with Crippen LogP contribution in [0, 0.1) is 11.8 Å². The molecule has 4 fully saturated rings. The van der Waals surface area contributed by atoms with E-state index < -0.39 is 18.3 Å². The number of rotatable bonds is 4. The molecular formula is C17H33FN8OS. The summed E-state index contributed by atoms with van der Waals surface area (Å²) in [5.74, 6) is -0.198. The van der Waals surface area contributed by atoms with Gasteiger partial charge in [-0.1, -0.05) is 11.9 Å². The van der Waals surface area contributed by atoms with Gasteiger partial charge < -0.3 is 20.9 Å². The Bertz CT molecular complexity index is 565. The number of nitrogens with two attached hydrogens (primary N) is 1. The fourth-order valence-corrected chi connectivity index (χ4v) is 5.76. The summed E-state index contributed by atoms with van der Waals surface area (Å²) in [6.45, 7) is 7.93. The molecule has 1 amide bonds. The van der Waals surface area contributed by atoms with Gasteiger partial charge in [0, 0.05) is 57.8 Å². The van der Waals surface area contributed by atoms with Crippen LogP contribution in [0.15, 0.2) is 0 Å². The monoisotopic (exact) mass is 416 g/mol. The Morgan fingerprint density at radius 1 is 1.32 bits per heavy atom. The van der Waals surface area contributed by atoms with Crippen molar-refractivity contribution < 1.29 is 9.18 Å². The van der Waals surface area contributed by atoms with Crippen LogP contribution in [0.4, 0.5) is 4.39 Å². The number of fused-ring (bicyclic) bond motifs is 1. The molecule has 0 aromatic carbocycles. The van der Waals surface area contributed by atoms with Gasteiger partial charge in [0.15, 0.2) is 0 Å². The Labute approximate surface area is 170 Å². The number of hydrogen-bond acceptors (Lipinski definition) is 9. The molecule has 28 heavy (non-hydrogen) atoms. The zero-order chi connectivity index (χ0) is 19.8. The highest BCUT2D eigenvalue weighted by Crippen LogP contribution is 2.30. The van der Waals surface area contributed by atoms with Crippen LogP contribution in [0.5, 0.6) is 0 Å². The van der Waals surface area contributed by atoms with Crippen molar-refractivity contribution in [3.63, 3.8) is 0 Å². The Balaban J connectivity index is 1.36. The molecule has 6 N–H and O–H groups in total. The van der Waals surface area contributed by atoms with E-state index in [2.05, 4.69) is 44.6 Å². The van der Waals surface area contributed by atoms with Gasteiger partial charge in [-0.25, -0.2) is 14.8 Å². The van der Waals surface area contributed by atoms with E-state index in [1.165, 1.54) is 0 Å². The fourth-order valence-electron chi connectivity index (χ4n) is 4.55. The van der Waals surface area contributed by atoms with Crippen LogP contribution in [-0.4, -0.2) is 103 Å². The second kappa shape index (κ2) is 8.68. The van der Waals surface area contributed by atoms with Crippen LogP contribution in [0.25, 0.3) is 0 Å². The second-order valence-electron chi connectivity index (χ2n) is 8.50. The maximum atomic E-state index is 13.6. The van der Waals surface area contributed by atoms with E-state index in [0.29, 0.717) is 12.0 Å². The van der Waals surface area contributed by atoms with Gasteiger partial charge in [-0.3, -0.25) is 14.8 Å². The number of nitrogens with zero attached hydrogens (tertiary/aromatic N) is 3. The van der Waals surface area contributed by atoms with E-state index in [1.54, 1.807) is 17.0 Å². The average molecular weight is 417 g/mol. The fraction of sp³-hybridized carbons (Fsp3) is 0.941. The number of carbonyl (C=O) groups excluding carboxylic acids is 1. The lowest BCUT2D eigenvalue weighted by Gasteiger charge is -2.36. The summed E-state index contributed by atoms with van der Waals surface area (Å²) in [4.78, 5) is 17.9. The van der Waals surface area contributed by atoms with Crippen LogP contribution < -0.4 is 26.5 Å². The van der Waals surface area contributed by atoms with E-state index in [0.717, 1.165) is 32.7 Å². The molecule has 4 rings (SSSR count). The lowest BCUT2D eigenvalue weighted by atomic mass is 9.98. The highest BCUT2D eigenvalue weighted by molar-refractivity contribution is 7.98. The molecule has 11 heteroatoms. The SMILES string of the molecule is CC1NSC(NC(=O)C2C(N)NN3CC(F)CNC23)C1CN1CCN(C)CC1.